The normalized spacial score (nSPS) is 12.5. The second-order valence-corrected chi connectivity index (χ2v) is 7.33. The number of hydrogen-bond acceptors (Lipinski definition) is 4. The fourth-order valence-corrected chi connectivity index (χ4v) is 3.96. The van der Waals surface area contributed by atoms with Gasteiger partial charge in [-0.2, -0.15) is 0 Å². The summed E-state index contributed by atoms with van der Waals surface area (Å²) >= 11 is 0. The quantitative estimate of drug-likeness (QED) is 0.333. The molecule has 5 heteroatoms. The number of hydrogen-bond donors (Lipinski definition) is 0. The fourth-order valence-electron chi connectivity index (χ4n) is 3.96. The zero-order valence-electron chi connectivity index (χ0n) is 17.1. The first-order chi connectivity index (χ1) is 14.5. The van der Waals surface area contributed by atoms with Crippen LogP contribution in [-0.2, 0) is 16.1 Å². The number of esters is 1. The van der Waals surface area contributed by atoms with Gasteiger partial charge in [-0.1, -0.05) is 42.5 Å². The summed E-state index contributed by atoms with van der Waals surface area (Å²) in [6.07, 6.45) is 1.79. The number of ketones is 1. The molecule has 1 aromatic heterocycles. The van der Waals surface area contributed by atoms with Gasteiger partial charge in [-0.05, 0) is 32.0 Å². The molecule has 0 saturated carbocycles. The maximum Gasteiger partial charge on any atom is 0.318 e. The standard InChI is InChI=1S/C25H23NO4/c1-4-13-26-16(2)14-20(17(26)3)21(27)15-29-25(28)24-18-9-5-7-11-22(18)30-23-12-8-6-10-19(23)24/h4-12,14,24H,1,13,15H2,2-3H3. The Morgan fingerprint density at radius 2 is 1.67 bits per heavy atom. The third-order valence-electron chi connectivity index (χ3n) is 5.45. The monoisotopic (exact) mass is 401 g/mol. The zero-order valence-corrected chi connectivity index (χ0v) is 17.1. The van der Waals surface area contributed by atoms with Crippen LogP contribution in [-0.4, -0.2) is 22.9 Å². The van der Waals surface area contributed by atoms with Crippen LogP contribution >= 0.6 is 0 Å². The minimum Gasteiger partial charge on any atom is -0.457 e. The molecule has 0 spiro atoms. The van der Waals surface area contributed by atoms with Crippen LogP contribution in [0.5, 0.6) is 11.5 Å². The number of rotatable bonds is 6. The van der Waals surface area contributed by atoms with E-state index in [1.54, 1.807) is 6.08 Å². The average molecular weight is 401 g/mol. The Balaban J connectivity index is 1.56. The highest BCUT2D eigenvalue weighted by molar-refractivity contribution is 5.99. The topological polar surface area (TPSA) is 57.5 Å². The smallest absolute Gasteiger partial charge is 0.318 e. The van der Waals surface area contributed by atoms with E-state index in [0.29, 0.717) is 23.6 Å². The van der Waals surface area contributed by atoms with Crippen molar-refractivity contribution in [3.63, 3.8) is 0 Å². The molecular formula is C25H23NO4. The number of aromatic nitrogens is 1. The van der Waals surface area contributed by atoms with Crippen LogP contribution < -0.4 is 4.74 Å². The van der Waals surface area contributed by atoms with Crippen LogP contribution in [0, 0.1) is 13.8 Å². The molecule has 0 aliphatic carbocycles. The molecule has 0 bridgehead atoms. The van der Waals surface area contributed by atoms with Gasteiger partial charge in [-0.15, -0.1) is 6.58 Å². The largest absolute Gasteiger partial charge is 0.457 e. The molecule has 1 aliphatic rings. The maximum absolute atomic E-state index is 13.1. The summed E-state index contributed by atoms with van der Waals surface area (Å²) < 4.78 is 13.4. The number of allylic oxidation sites excluding steroid dienone is 1. The summed E-state index contributed by atoms with van der Waals surface area (Å²) in [5.41, 5.74) is 3.84. The van der Waals surface area contributed by atoms with E-state index in [2.05, 4.69) is 6.58 Å². The lowest BCUT2D eigenvalue weighted by molar-refractivity contribution is -0.143. The lowest BCUT2D eigenvalue weighted by Gasteiger charge is -2.26. The van der Waals surface area contributed by atoms with Crippen molar-refractivity contribution in [1.82, 2.24) is 4.57 Å². The second kappa shape index (κ2) is 8.03. The van der Waals surface area contributed by atoms with E-state index in [-0.39, 0.29) is 12.4 Å². The van der Waals surface area contributed by atoms with Crippen molar-refractivity contribution in [2.45, 2.75) is 26.3 Å². The van der Waals surface area contributed by atoms with Crippen LogP contribution in [0.2, 0.25) is 0 Å². The molecule has 5 nitrogen and oxygen atoms in total. The van der Waals surface area contributed by atoms with E-state index >= 15 is 0 Å². The van der Waals surface area contributed by atoms with E-state index in [1.807, 2.05) is 73.0 Å². The van der Waals surface area contributed by atoms with Crippen LogP contribution in [0.15, 0.2) is 67.3 Å². The van der Waals surface area contributed by atoms with E-state index in [1.165, 1.54) is 0 Å². The molecule has 0 atom stereocenters. The summed E-state index contributed by atoms with van der Waals surface area (Å²) in [7, 11) is 0. The molecule has 0 unspecified atom stereocenters. The molecule has 152 valence electrons. The van der Waals surface area contributed by atoms with Crippen LogP contribution in [0.3, 0.4) is 0 Å². The number of ether oxygens (including phenoxy) is 2. The van der Waals surface area contributed by atoms with Gasteiger partial charge in [0, 0.05) is 34.6 Å². The Morgan fingerprint density at radius 1 is 1.07 bits per heavy atom. The third kappa shape index (κ3) is 3.43. The van der Waals surface area contributed by atoms with E-state index in [9.17, 15) is 9.59 Å². The molecule has 1 aliphatic heterocycles. The van der Waals surface area contributed by atoms with Gasteiger partial charge >= 0.3 is 5.97 Å². The average Bonchev–Trinajstić information content (AvgIpc) is 3.04. The molecule has 2 aromatic carbocycles. The molecule has 0 fully saturated rings. The van der Waals surface area contributed by atoms with Gasteiger partial charge in [-0.3, -0.25) is 9.59 Å². The van der Waals surface area contributed by atoms with Gasteiger partial charge < -0.3 is 14.0 Å². The number of fused-ring (bicyclic) bond motifs is 2. The van der Waals surface area contributed by atoms with Gasteiger partial charge in [-0.25, -0.2) is 0 Å². The molecule has 0 radical (unpaired) electrons. The van der Waals surface area contributed by atoms with Crippen LogP contribution in [0.1, 0.15) is 38.8 Å². The van der Waals surface area contributed by atoms with Crippen molar-refractivity contribution in [2.24, 2.45) is 0 Å². The lowest BCUT2D eigenvalue weighted by Crippen LogP contribution is -2.23. The number of para-hydroxylation sites is 2. The fraction of sp³-hybridized carbons (Fsp3) is 0.200. The van der Waals surface area contributed by atoms with Crippen molar-refractivity contribution < 1.29 is 19.1 Å². The molecule has 30 heavy (non-hydrogen) atoms. The highest BCUT2D eigenvalue weighted by Crippen LogP contribution is 2.44. The SMILES string of the molecule is C=CCn1c(C)cc(C(=O)COC(=O)C2c3ccccc3Oc3ccccc32)c1C. The maximum atomic E-state index is 13.1. The number of carbonyl (C=O) groups is 2. The third-order valence-corrected chi connectivity index (χ3v) is 5.45. The summed E-state index contributed by atoms with van der Waals surface area (Å²) in [4.78, 5) is 25.8. The van der Waals surface area contributed by atoms with Crippen molar-refractivity contribution >= 4 is 11.8 Å². The summed E-state index contributed by atoms with van der Waals surface area (Å²) in [6, 6.07) is 16.6. The Hall–Kier alpha value is -3.60. The first-order valence-electron chi connectivity index (χ1n) is 9.84. The predicted octanol–water partition coefficient (Wildman–Crippen LogP) is 4.95. The Labute approximate surface area is 175 Å². The molecule has 0 amide bonds. The van der Waals surface area contributed by atoms with Crippen molar-refractivity contribution in [1.29, 1.82) is 0 Å². The summed E-state index contributed by atoms with van der Waals surface area (Å²) in [5, 5.41) is 0. The highest BCUT2D eigenvalue weighted by Gasteiger charge is 2.34. The summed E-state index contributed by atoms with van der Waals surface area (Å²) in [5.74, 6) is -0.0751. The number of nitrogens with zero attached hydrogens (tertiary/aromatic N) is 1. The molecule has 4 rings (SSSR count). The van der Waals surface area contributed by atoms with Gasteiger partial charge in [0.1, 0.15) is 17.4 Å². The van der Waals surface area contributed by atoms with E-state index < -0.39 is 11.9 Å². The predicted molar refractivity (Wildman–Crippen MR) is 114 cm³/mol. The van der Waals surface area contributed by atoms with Crippen LogP contribution in [0.25, 0.3) is 0 Å². The zero-order chi connectivity index (χ0) is 21.3. The Kier molecular flexibility index (Phi) is 5.27. The Morgan fingerprint density at radius 3 is 2.27 bits per heavy atom. The first-order valence-corrected chi connectivity index (χ1v) is 9.84. The van der Waals surface area contributed by atoms with Crippen molar-refractivity contribution in [3.8, 4) is 11.5 Å². The number of benzene rings is 2. The number of aryl methyl sites for hydroxylation is 1. The van der Waals surface area contributed by atoms with Gasteiger partial charge in [0.2, 0.25) is 5.78 Å². The minimum atomic E-state index is -0.632. The van der Waals surface area contributed by atoms with Gasteiger partial charge in [0.25, 0.3) is 0 Å². The second-order valence-electron chi connectivity index (χ2n) is 7.33. The van der Waals surface area contributed by atoms with E-state index in [0.717, 1.165) is 22.5 Å². The highest BCUT2D eigenvalue weighted by atomic mass is 16.5. The van der Waals surface area contributed by atoms with Crippen molar-refractivity contribution in [2.75, 3.05) is 6.61 Å². The van der Waals surface area contributed by atoms with Gasteiger partial charge in [0.15, 0.2) is 6.61 Å². The first kappa shape index (κ1) is 19.7. The molecule has 3 aromatic rings. The lowest BCUT2D eigenvalue weighted by atomic mass is 9.88. The van der Waals surface area contributed by atoms with Crippen LogP contribution in [0.4, 0.5) is 0 Å². The number of Topliss-reactive ketones (excluding diaryl/α,β-unsaturated/α-hetero) is 1. The minimum absolute atomic E-state index is 0.222. The number of carbonyl (C=O) groups excluding carboxylic acids is 2. The molecule has 0 saturated heterocycles. The molecular weight excluding hydrogens is 378 g/mol. The molecule has 2 heterocycles. The molecule has 0 N–H and O–H groups in total. The van der Waals surface area contributed by atoms with E-state index in [4.69, 9.17) is 9.47 Å². The van der Waals surface area contributed by atoms with Gasteiger partial charge in [0.05, 0.1) is 0 Å². The van der Waals surface area contributed by atoms with Crippen molar-refractivity contribution in [3.05, 3.63) is 95.3 Å². The Bertz CT molecular complexity index is 1100. The summed E-state index contributed by atoms with van der Waals surface area (Å²) in [6.45, 7) is 7.90.